The molecule has 0 radical (unpaired) electrons. The molecule has 1 atom stereocenters. The van der Waals surface area contributed by atoms with E-state index in [-0.39, 0.29) is 30.8 Å². The van der Waals surface area contributed by atoms with E-state index in [2.05, 4.69) is 5.32 Å². The maximum absolute atomic E-state index is 12.0. The Bertz CT molecular complexity index is 451. The maximum atomic E-state index is 12.0. The first-order valence-electron chi connectivity index (χ1n) is 5.72. The monoisotopic (exact) mass is 271 g/mol. The lowest BCUT2D eigenvalue weighted by Gasteiger charge is -2.16. The van der Waals surface area contributed by atoms with E-state index >= 15 is 0 Å². The Morgan fingerprint density at radius 2 is 2.32 bits per heavy atom. The number of carbonyl (C=O) groups excluding carboxylic acids is 1. The lowest BCUT2D eigenvalue weighted by molar-refractivity contribution is -0.391. The van der Waals surface area contributed by atoms with Gasteiger partial charge in [0.15, 0.2) is 5.69 Å². The number of rotatable bonds is 7. The predicted molar refractivity (Wildman–Crippen MR) is 66.9 cm³/mol. The minimum Gasteiger partial charge on any atom is -0.396 e. The van der Waals surface area contributed by atoms with Gasteiger partial charge in [0.2, 0.25) is 0 Å². The van der Waals surface area contributed by atoms with Gasteiger partial charge < -0.3 is 25.3 Å². The minimum absolute atomic E-state index is 0.0818. The summed E-state index contributed by atoms with van der Waals surface area (Å²) < 4.78 is 6.13. The van der Waals surface area contributed by atoms with Gasteiger partial charge in [-0.25, -0.2) is 4.57 Å². The molecule has 106 valence electrons. The zero-order valence-corrected chi connectivity index (χ0v) is 10.8. The Hall–Kier alpha value is -1.93. The van der Waals surface area contributed by atoms with Gasteiger partial charge in [-0.2, -0.15) is 0 Å². The van der Waals surface area contributed by atoms with Crippen molar-refractivity contribution < 1.29 is 19.6 Å². The molecule has 8 heteroatoms. The van der Waals surface area contributed by atoms with Crippen molar-refractivity contribution in [3.05, 3.63) is 27.9 Å². The number of amides is 1. The molecule has 0 aliphatic rings. The van der Waals surface area contributed by atoms with Gasteiger partial charge in [0.05, 0.1) is 19.7 Å². The molecule has 0 spiro atoms. The molecule has 1 aromatic heterocycles. The second-order valence-electron chi connectivity index (χ2n) is 4.03. The van der Waals surface area contributed by atoms with Crippen LogP contribution in [0.2, 0.25) is 0 Å². The maximum Gasteiger partial charge on any atom is 0.323 e. The molecule has 2 N–H and O–H groups in total. The van der Waals surface area contributed by atoms with Crippen molar-refractivity contribution in [1.82, 2.24) is 9.88 Å². The fourth-order valence-corrected chi connectivity index (χ4v) is 1.73. The molecule has 0 aliphatic carbocycles. The van der Waals surface area contributed by atoms with Gasteiger partial charge in [0.25, 0.3) is 5.91 Å². The van der Waals surface area contributed by atoms with Crippen LogP contribution in [0.5, 0.6) is 0 Å². The van der Waals surface area contributed by atoms with Gasteiger partial charge in [-0.05, 0) is 17.4 Å². The average molecular weight is 271 g/mol. The molecule has 0 saturated heterocycles. The number of aliphatic hydroxyl groups is 1. The van der Waals surface area contributed by atoms with Crippen molar-refractivity contribution in [2.75, 3.05) is 20.3 Å². The smallest absolute Gasteiger partial charge is 0.323 e. The van der Waals surface area contributed by atoms with E-state index < -0.39 is 10.8 Å². The van der Waals surface area contributed by atoms with Gasteiger partial charge in [0.1, 0.15) is 0 Å². The van der Waals surface area contributed by atoms with E-state index in [4.69, 9.17) is 9.84 Å². The summed E-state index contributed by atoms with van der Waals surface area (Å²) in [6.07, 6.45) is 0.353. The van der Waals surface area contributed by atoms with Crippen molar-refractivity contribution in [1.29, 1.82) is 0 Å². The van der Waals surface area contributed by atoms with E-state index in [0.29, 0.717) is 6.42 Å². The van der Waals surface area contributed by atoms with Gasteiger partial charge in [-0.1, -0.05) is 0 Å². The molecule has 1 rings (SSSR count). The third kappa shape index (κ3) is 3.76. The van der Waals surface area contributed by atoms with Gasteiger partial charge in [0, 0.05) is 19.8 Å². The molecule has 0 aromatic carbocycles. The average Bonchev–Trinajstić information content (AvgIpc) is 2.71. The second kappa shape index (κ2) is 6.86. The number of aromatic nitrogens is 1. The first kappa shape index (κ1) is 15.1. The molecule has 1 unspecified atom stereocenters. The van der Waals surface area contributed by atoms with Gasteiger partial charge >= 0.3 is 5.82 Å². The highest BCUT2D eigenvalue weighted by molar-refractivity contribution is 5.93. The fraction of sp³-hybridized carbons (Fsp3) is 0.545. The van der Waals surface area contributed by atoms with Crippen molar-refractivity contribution in [3.63, 3.8) is 0 Å². The Kier molecular flexibility index (Phi) is 5.46. The van der Waals surface area contributed by atoms with Crippen LogP contribution in [0.4, 0.5) is 5.82 Å². The third-order valence-corrected chi connectivity index (χ3v) is 2.70. The number of nitro groups is 1. The SMILES string of the molecule is COCC(CCO)NC(=O)c1ccc([N+](=O)[O-])n1C. The Morgan fingerprint density at radius 1 is 1.63 bits per heavy atom. The summed E-state index contributed by atoms with van der Waals surface area (Å²) >= 11 is 0. The summed E-state index contributed by atoms with van der Waals surface area (Å²) in [5.74, 6) is -0.596. The summed E-state index contributed by atoms with van der Waals surface area (Å²) in [4.78, 5) is 22.1. The molecular weight excluding hydrogens is 254 g/mol. The highest BCUT2D eigenvalue weighted by Crippen LogP contribution is 2.15. The minimum atomic E-state index is -0.558. The summed E-state index contributed by atoms with van der Waals surface area (Å²) in [5, 5.41) is 22.2. The van der Waals surface area contributed by atoms with Crippen LogP contribution < -0.4 is 5.32 Å². The molecule has 1 aromatic rings. The Balaban J connectivity index is 2.79. The number of aliphatic hydroxyl groups excluding tert-OH is 1. The van der Waals surface area contributed by atoms with E-state index in [1.54, 1.807) is 0 Å². The lowest BCUT2D eigenvalue weighted by Crippen LogP contribution is -2.39. The summed E-state index contributed by atoms with van der Waals surface area (Å²) in [6, 6.07) is 2.32. The zero-order valence-electron chi connectivity index (χ0n) is 10.8. The summed E-state index contributed by atoms with van der Waals surface area (Å²) in [7, 11) is 2.94. The molecule has 0 saturated carbocycles. The van der Waals surface area contributed by atoms with Crippen LogP contribution in [0.15, 0.2) is 12.1 Å². The number of nitrogens with one attached hydrogen (secondary N) is 1. The van der Waals surface area contributed by atoms with Crippen LogP contribution in [0.1, 0.15) is 16.9 Å². The molecule has 19 heavy (non-hydrogen) atoms. The fourth-order valence-electron chi connectivity index (χ4n) is 1.73. The Labute approximate surface area is 110 Å². The number of ether oxygens (including phenoxy) is 1. The number of hydrogen-bond acceptors (Lipinski definition) is 5. The van der Waals surface area contributed by atoms with E-state index in [0.717, 1.165) is 0 Å². The van der Waals surface area contributed by atoms with E-state index in [1.807, 2.05) is 0 Å². The zero-order chi connectivity index (χ0) is 14.4. The first-order chi connectivity index (χ1) is 9.01. The van der Waals surface area contributed by atoms with E-state index in [9.17, 15) is 14.9 Å². The van der Waals surface area contributed by atoms with Crippen molar-refractivity contribution >= 4 is 11.7 Å². The van der Waals surface area contributed by atoms with Crippen LogP contribution >= 0.6 is 0 Å². The van der Waals surface area contributed by atoms with Crippen molar-refractivity contribution in [2.45, 2.75) is 12.5 Å². The first-order valence-corrected chi connectivity index (χ1v) is 5.72. The van der Waals surface area contributed by atoms with E-state index in [1.165, 1.54) is 30.9 Å². The molecule has 1 heterocycles. The Morgan fingerprint density at radius 3 is 2.79 bits per heavy atom. The number of carbonyl (C=O) groups is 1. The normalized spacial score (nSPS) is 12.2. The van der Waals surface area contributed by atoms with Crippen molar-refractivity contribution in [2.24, 2.45) is 7.05 Å². The molecule has 0 bridgehead atoms. The predicted octanol–water partition coefficient (Wildman–Crippen LogP) is 0.0605. The van der Waals surface area contributed by atoms with Crippen LogP contribution in [-0.4, -0.2) is 46.9 Å². The standard InChI is InChI=1S/C11H17N3O5/c1-13-9(3-4-10(13)14(17)18)11(16)12-8(5-6-15)7-19-2/h3-4,8,15H,5-7H2,1-2H3,(H,12,16). The summed E-state index contributed by atoms with van der Waals surface area (Å²) in [6.45, 7) is 0.181. The lowest BCUT2D eigenvalue weighted by atomic mass is 10.2. The van der Waals surface area contributed by atoms with Crippen molar-refractivity contribution in [3.8, 4) is 0 Å². The second-order valence-corrected chi connectivity index (χ2v) is 4.03. The molecule has 8 nitrogen and oxygen atoms in total. The molecular formula is C11H17N3O5. The number of methoxy groups -OCH3 is 1. The third-order valence-electron chi connectivity index (χ3n) is 2.70. The highest BCUT2D eigenvalue weighted by Gasteiger charge is 2.22. The summed E-state index contributed by atoms with van der Waals surface area (Å²) in [5.41, 5.74) is 0.186. The number of hydrogen-bond donors (Lipinski definition) is 2. The van der Waals surface area contributed by atoms with Crippen LogP contribution in [-0.2, 0) is 11.8 Å². The molecule has 1 amide bonds. The van der Waals surface area contributed by atoms with Crippen LogP contribution in [0.3, 0.4) is 0 Å². The van der Waals surface area contributed by atoms with Gasteiger partial charge in [-0.3, -0.25) is 4.79 Å². The highest BCUT2D eigenvalue weighted by atomic mass is 16.6. The van der Waals surface area contributed by atoms with Crippen LogP contribution in [0, 0.1) is 10.1 Å². The number of nitrogens with zero attached hydrogens (tertiary/aromatic N) is 2. The quantitative estimate of drug-likeness (QED) is 0.538. The van der Waals surface area contributed by atoms with Crippen LogP contribution in [0.25, 0.3) is 0 Å². The molecule has 0 fully saturated rings. The largest absolute Gasteiger partial charge is 0.396 e. The topological polar surface area (TPSA) is 107 Å². The molecule has 0 aliphatic heterocycles. The van der Waals surface area contributed by atoms with Gasteiger partial charge in [-0.15, -0.1) is 0 Å².